The van der Waals surface area contributed by atoms with Gasteiger partial charge < -0.3 is 4.90 Å². The molecule has 0 unspecified atom stereocenters. The van der Waals surface area contributed by atoms with Crippen LogP contribution < -0.4 is 4.72 Å². The van der Waals surface area contributed by atoms with Crippen LogP contribution in [0.15, 0.2) is 24.3 Å². The van der Waals surface area contributed by atoms with Crippen molar-refractivity contribution < 1.29 is 12.8 Å². The fraction of sp³-hybridized carbons (Fsp3) is 0.647. The maximum atomic E-state index is 12.8. The van der Waals surface area contributed by atoms with Crippen LogP contribution in [0.1, 0.15) is 32.3 Å². The standard InChI is InChI=1S/C17H27FN2O2S/c1-14-10-15(2)12-20(11-14)9-3-8-19-23(21,22)13-16-4-6-17(18)7-5-16/h4-7,14-15,19H,3,8-13H2,1-2H3/t14-,15+. The number of likely N-dealkylation sites (tertiary alicyclic amines) is 1. The van der Waals surface area contributed by atoms with Crippen LogP contribution in [0.5, 0.6) is 0 Å². The number of hydrogen-bond donors (Lipinski definition) is 1. The third-order valence-electron chi connectivity index (χ3n) is 4.19. The third kappa shape index (κ3) is 6.57. The summed E-state index contributed by atoms with van der Waals surface area (Å²) in [6.07, 6.45) is 2.09. The maximum Gasteiger partial charge on any atom is 0.215 e. The first-order chi connectivity index (χ1) is 10.8. The van der Waals surface area contributed by atoms with Crippen molar-refractivity contribution >= 4 is 10.0 Å². The van der Waals surface area contributed by atoms with Crippen molar-refractivity contribution in [3.63, 3.8) is 0 Å². The predicted octanol–water partition coefficient (Wildman–Crippen LogP) is 2.61. The van der Waals surface area contributed by atoms with Crippen LogP contribution in [-0.2, 0) is 15.8 Å². The first-order valence-electron chi connectivity index (χ1n) is 8.28. The molecular weight excluding hydrogens is 315 g/mol. The van der Waals surface area contributed by atoms with Crippen LogP contribution in [0.3, 0.4) is 0 Å². The van der Waals surface area contributed by atoms with E-state index in [1.165, 1.54) is 30.7 Å². The zero-order valence-corrected chi connectivity index (χ0v) is 14.8. The lowest BCUT2D eigenvalue weighted by Gasteiger charge is -2.34. The Hall–Kier alpha value is -0.980. The molecule has 23 heavy (non-hydrogen) atoms. The number of piperidine rings is 1. The Kier molecular flexibility index (Phi) is 6.56. The Morgan fingerprint density at radius 2 is 1.78 bits per heavy atom. The number of halogens is 1. The van der Waals surface area contributed by atoms with Crippen molar-refractivity contribution in [1.82, 2.24) is 9.62 Å². The van der Waals surface area contributed by atoms with Gasteiger partial charge in [0.25, 0.3) is 0 Å². The summed E-state index contributed by atoms with van der Waals surface area (Å²) in [6.45, 7) is 8.12. The molecule has 0 aromatic heterocycles. The summed E-state index contributed by atoms with van der Waals surface area (Å²) in [7, 11) is -3.36. The van der Waals surface area contributed by atoms with Crippen LogP contribution in [0.4, 0.5) is 4.39 Å². The fourth-order valence-corrected chi connectivity index (χ4v) is 4.54. The third-order valence-corrected chi connectivity index (χ3v) is 5.54. The molecule has 1 aromatic carbocycles. The first kappa shape index (κ1) is 18.4. The van der Waals surface area contributed by atoms with Gasteiger partial charge in [-0.15, -0.1) is 0 Å². The quantitative estimate of drug-likeness (QED) is 0.775. The van der Waals surface area contributed by atoms with Gasteiger partial charge in [-0.05, 0) is 48.9 Å². The van der Waals surface area contributed by atoms with Crippen LogP contribution >= 0.6 is 0 Å². The van der Waals surface area contributed by atoms with Gasteiger partial charge in [0.2, 0.25) is 10.0 Å². The van der Waals surface area contributed by atoms with Crippen molar-refractivity contribution in [1.29, 1.82) is 0 Å². The zero-order chi connectivity index (χ0) is 16.9. The van der Waals surface area contributed by atoms with Crippen molar-refractivity contribution in [3.05, 3.63) is 35.6 Å². The lowest BCUT2D eigenvalue weighted by molar-refractivity contribution is 0.140. The average molecular weight is 342 g/mol. The molecule has 2 atom stereocenters. The normalized spacial score (nSPS) is 23.1. The molecule has 0 radical (unpaired) electrons. The van der Waals surface area contributed by atoms with Crippen molar-refractivity contribution in [2.75, 3.05) is 26.2 Å². The minimum atomic E-state index is -3.36. The molecule has 0 amide bonds. The molecule has 0 bridgehead atoms. The van der Waals surface area contributed by atoms with E-state index >= 15 is 0 Å². The molecule has 1 aliphatic heterocycles. The Morgan fingerprint density at radius 1 is 1.17 bits per heavy atom. The molecule has 4 nitrogen and oxygen atoms in total. The lowest BCUT2D eigenvalue weighted by Crippen LogP contribution is -2.40. The molecule has 1 N–H and O–H groups in total. The highest BCUT2D eigenvalue weighted by Crippen LogP contribution is 2.20. The second-order valence-electron chi connectivity index (χ2n) is 6.84. The van der Waals surface area contributed by atoms with E-state index in [1.54, 1.807) is 0 Å². The van der Waals surface area contributed by atoms with E-state index in [4.69, 9.17) is 0 Å². The summed E-state index contributed by atoms with van der Waals surface area (Å²) in [4.78, 5) is 2.42. The number of nitrogens with one attached hydrogen (secondary N) is 1. The lowest BCUT2D eigenvalue weighted by atomic mass is 9.92. The first-order valence-corrected chi connectivity index (χ1v) is 9.93. The Balaban J connectivity index is 1.71. The van der Waals surface area contributed by atoms with E-state index in [-0.39, 0.29) is 11.6 Å². The minimum absolute atomic E-state index is 0.106. The van der Waals surface area contributed by atoms with Gasteiger partial charge in [0.15, 0.2) is 0 Å². The Morgan fingerprint density at radius 3 is 2.39 bits per heavy atom. The summed E-state index contributed by atoms with van der Waals surface area (Å²) in [5.74, 6) is 0.970. The van der Waals surface area contributed by atoms with Crippen molar-refractivity contribution in [3.8, 4) is 0 Å². The Labute approximate surface area is 139 Å². The molecular formula is C17H27FN2O2S. The second-order valence-corrected chi connectivity index (χ2v) is 8.65. The SMILES string of the molecule is C[C@@H]1C[C@H](C)CN(CCCNS(=O)(=O)Cc2ccc(F)cc2)C1. The van der Waals surface area contributed by atoms with Crippen LogP contribution in [0, 0.1) is 17.7 Å². The van der Waals surface area contributed by atoms with E-state index in [9.17, 15) is 12.8 Å². The van der Waals surface area contributed by atoms with Crippen molar-refractivity contribution in [2.24, 2.45) is 11.8 Å². The molecule has 130 valence electrons. The van der Waals surface area contributed by atoms with Gasteiger partial charge in [0.1, 0.15) is 5.82 Å². The van der Waals surface area contributed by atoms with Gasteiger partial charge >= 0.3 is 0 Å². The topological polar surface area (TPSA) is 49.4 Å². The molecule has 1 aliphatic rings. The van der Waals surface area contributed by atoms with E-state index in [0.717, 1.165) is 26.1 Å². The molecule has 1 aromatic rings. The summed E-state index contributed by atoms with van der Waals surface area (Å²) in [5, 5.41) is 0. The predicted molar refractivity (Wildman–Crippen MR) is 91.0 cm³/mol. The van der Waals surface area contributed by atoms with E-state index in [0.29, 0.717) is 23.9 Å². The van der Waals surface area contributed by atoms with E-state index in [2.05, 4.69) is 23.5 Å². The van der Waals surface area contributed by atoms with Gasteiger partial charge in [0, 0.05) is 19.6 Å². The van der Waals surface area contributed by atoms with Crippen LogP contribution in [-0.4, -0.2) is 39.5 Å². The van der Waals surface area contributed by atoms with Gasteiger partial charge in [-0.25, -0.2) is 17.5 Å². The summed E-state index contributed by atoms with van der Waals surface area (Å²) in [5.41, 5.74) is 0.595. The highest BCUT2D eigenvalue weighted by Gasteiger charge is 2.21. The van der Waals surface area contributed by atoms with E-state index in [1.807, 2.05) is 0 Å². The average Bonchev–Trinajstić information content (AvgIpc) is 2.45. The Bertz CT molecular complexity index is 579. The second kappa shape index (κ2) is 8.22. The van der Waals surface area contributed by atoms with Gasteiger partial charge in [0.05, 0.1) is 5.75 Å². The zero-order valence-electron chi connectivity index (χ0n) is 14.0. The number of benzene rings is 1. The molecule has 1 heterocycles. The molecule has 0 aliphatic carbocycles. The van der Waals surface area contributed by atoms with Crippen molar-refractivity contribution in [2.45, 2.75) is 32.4 Å². The molecule has 6 heteroatoms. The number of nitrogens with zero attached hydrogens (tertiary/aromatic N) is 1. The maximum absolute atomic E-state index is 12.8. The molecule has 2 rings (SSSR count). The largest absolute Gasteiger partial charge is 0.303 e. The molecule has 0 saturated carbocycles. The summed E-state index contributed by atoms with van der Waals surface area (Å²) in [6, 6.07) is 5.57. The molecule has 1 fully saturated rings. The van der Waals surface area contributed by atoms with Crippen LogP contribution in [0.25, 0.3) is 0 Å². The van der Waals surface area contributed by atoms with Gasteiger partial charge in [-0.3, -0.25) is 0 Å². The van der Waals surface area contributed by atoms with Gasteiger partial charge in [-0.2, -0.15) is 0 Å². The highest BCUT2D eigenvalue weighted by atomic mass is 32.2. The summed E-state index contributed by atoms with van der Waals surface area (Å²) >= 11 is 0. The molecule has 1 saturated heterocycles. The van der Waals surface area contributed by atoms with E-state index < -0.39 is 10.0 Å². The minimum Gasteiger partial charge on any atom is -0.303 e. The molecule has 0 spiro atoms. The van der Waals surface area contributed by atoms with Gasteiger partial charge in [-0.1, -0.05) is 26.0 Å². The smallest absolute Gasteiger partial charge is 0.215 e. The monoisotopic (exact) mass is 342 g/mol. The highest BCUT2D eigenvalue weighted by molar-refractivity contribution is 7.88. The number of rotatable bonds is 7. The number of sulfonamides is 1. The number of hydrogen-bond acceptors (Lipinski definition) is 3. The fourth-order valence-electron chi connectivity index (χ4n) is 3.36. The summed E-state index contributed by atoms with van der Waals surface area (Å²) < 4.78 is 39.5. The van der Waals surface area contributed by atoms with Crippen LogP contribution in [0.2, 0.25) is 0 Å².